The van der Waals surface area contributed by atoms with Crippen LogP contribution in [-0.2, 0) is 10.0 Å². The molecule has 6 heteroatoms. The molecule has 0 amide bonds. The Hall–Kier alpha value is -1.68. The highest BCUT2D eigenvalue weighted by atomic mass is 32.2. The Kier molecular flexibility index (Phi) is 4.32. The third-order valence-electron chi connectivity index (χ3n) is 2.88. The monoisotopic (exact) mass is 277 g/mol. The van der Waals surface area contributed by atoms with Crippen LogP contribution in [0.5, 0.6) is 0 Å². The van der Waals surface area contributed by atoms with Gasteiger partial charge in [0, 0.05) is 31.6 Å². The maximum Gasteiger partial charge on any atom is 0.236 e. The first kappa shape index (κ1) is 13.7. The number of nitrogens with zero attached hydrogens (tertiary/aromatic N) is 2. The van der Waals surface area contributed by atoms with E-state index < -0.39 is 10.0 Å². The van der Waals surface area contributed by atoms with Crippen molar-refractivity contribution in [3.8, 4) is 6.07 Å². The van der Waals surface area contributed by atoms with Crippen LogP contribution >= 0.6 is 0 Å². The Labute approximate surface area is 113 Å². The molecule has 0 aromatic heterocycles. The van der Waals surface area contributed by atoms with Gasteiger partial charge in [0.1, 0.15) is 0 Å². The smallest absolute Gasteiger partial charge is 0.236 e. The number of nitrogens with one attached hydrogen (secondary N) is 1. The van der Waals surface area contributed by atoms with Crippen LogP contribution in [0.1, 0.15) is 11.1 Å². The molecule has 2 rings (SSSR count). The van der Waals surface area contributed by atoms with Crippen LogP contribution < -0.4 is 5.32 Å². The van der Waals surface area contributed by atoms with Crippen LogP contribution in [0.15, 0.2) is 29.7 Å². The van der Waals surface area contributed by atoms with Crippen LogP contribution in [-0.4, -0.2) is 38.9 Å². The third-order valence-corrected chi connectivity index (χ3v) is 4.45. The first-order valence-corrected chi connectivity index (χ1v) is 7.51. The maximum absolute atomic E-state index is 12.1. The van der Waals surface area contributed by atoms with Crippen molar-refractivity contribution in [3.05, 3.63) is 40.8 Å². The van der Waals surface area contributed by atoms with Gasteiger partial charge in [0.2, 0.25) is 10.0 Å². The van der Waals surface area contributed by atoms with E-state index in [1.165, 1.54) is 15.8 Å². The molecule has 1 N–H and O–H groups in total. The number of piperazine rings is 1. The van der Waals surface area contributed by atoms with E-state index in [0.29, 0.717) is 37.3 Å². The van der Waals surface area contributed by atoms with Gasteiger partial charge in [0.25, 0.3) is 0 Å². The summed E-state index contributed by atoms with van der Waals surface area (Å²) in [7, 11) is -3.37. The number of rotatable bonds is 3. The van der Waals surface area contributed by atoms with Crippen LogP contribution in [0.3, 0.4) is 0 Å². The molecule has 0 unspecified atom stereocenters. The molecule has 1 aromatic rings. The molecule has 1 aromatic carbocycles. The minimum atomic E-state index is -3.37. The van der Waals surface area contributed by atoms with Crippen LogP contribution in [0.4, 0.5) is 0 Å². The molecule has 1 heterocycles. The first-order chi connectivity index (χ1) is 9.12. The number of benzene rings is 1. The van der Waals surface area contributed by atoms with Crippen LogP contribution in [0.25, 0.3) is 6.08 Å². The topological polar surface area (TPSA) is 73.2 Å². The molecule has 0 saturated carbocycles. The van der Waals surface area contributed by atoms with Crippen molar-refractivity contribution in [3.63, 3.8) is 0 Å². The second-order valence-electron chi connectivity index (χ2n) is 4.23. The summed E-state index contributed by atoms with van der Waals surface area (Å²) in [5, 5.41) is 13.1. The normalized spacial score (nSPS) is 17.4. The summed E-state index contributed by atoms with van der Waals surface area (Å²) in [5.41, 5.74) is 1.22. The second kappa shape index (κ2) is 5.97. The molecule has 0 spiro atoms. The van der Waals surface area contributed by atoms with Gasteiger partial charge in [-0.15, -0.1) is 0 Å². The molecule has 1 aliphatic rings. The molecule has 1 aliphatic heterocycles. The number of hydrogen-bond donors (Lipinski definition) is 1. The van der Waals surface area contributed by atoms with Crippen molar-refractivity contribution < 1.29 is 8.42 Å². The van der Waals surface area contributed by atoms with Crippen molar-refractivity contribution in [1.82, 2.24) is 9.62 Å². The summed E-state index contributed by atoms with van der Waals surface area (Å²) in [6.45, 7) is 2.34. The number of hydrogen-bond acceptors (Lipinski definition) is 4. The quantitative estimate of drug-likeness (QED) is 0.885. The molecule has 1 saturated heterocycles. The fourth-order valence-corrected chi connectivity index (χ4v) is 3.05. The van der Waals surface area contributed by atoms with E-state index in [4.69, 9.17) is 5.26 Å². The van der Waals surface area contributed by atoms with Gasteiger partial charge in [-0.25, -0.2) is 8.42 Å². The predicted octanol–water partition coefficient (Wildman–Crippen LogP) is 0.764. The maximum atomic E-state index is 12.1. The molecule has 19 heavy (non-hydrogen) atoms. The van der Waals surface area contributed by atoms with Gasteiger partial charge in [0.05, 0.1) is 11.6 Å². The van der Waals surface area contributed by atoms with Crippen molar-refractivity contribution in [1.29, 1.82) is 5.26 Å². The van der Waals surface area contributed by atoms with E-state index in [9.17, 15) is 8.42 Å². The van der Waals surface area contributed by atoms with Crippen molar-refractivity contribution in [2.24, 2.45) is 0 Å². The van der Waals surface area contributed by atoms with Crippen molar-refractivity contribution >= 4 is 16.1 Å². The van der Waals surface area contributed by atoms with Gasteiger partial charge in [-0.1, -0.05) is 12.1 Å². The summed E-state index contributed by atoms with van der Waals surface area (Å²) in [5.74, 6) is 0. The molecule has 0 atom stereocenters. The Bertz CT molecular complexity index is 611. The minimum absolute atomic E-state index is 0.491. The lowest BCUT2D eigenvalue weighted by Crippen LogP contribution is -2.45. The average Bonchev–Trinajstić information content (AvgIpc) is 2.46. The summed E-state index contributed by atoms with van der Waals surface area (Å²) >= 11 is 0. The summed E-state index contributed by atoms with van der Waals surface area (Å²) in [6.07, 6.45) is 1.53. The van der Waals surface area contributed by atoms with E-state index in [-0.39, 0.29) is 0 Å². The predicted molar refractivity (Wildman–Crippen MR) is 73.6 cm³/mol. The zero-order valence-corrected chi connectivity index (χ0v) is 11.2. The van der Waals surface area contributed by atoms with Crippen molar-refractivity contribution in [2.75, 3.05) is 26.2 Å². The molecular weight excluding hydrogens is 262 g/mol. The Morgan fingerprint density at radius 1 is 1.32 bits per heavy atom. The van der Waals surface area contributed by atoms with E-state index >= 15 is 0 Å². The summed E-state index contributed by atoms with van der Waals surface area (Å²) in [4.78, 5) is 0. The van der Waals surface area contributed by atoms with E-state index in [1.807, 2.05) is 6.07 Å². The highest BCUT2D eigenvalue weighted by Crippen LogP contribution is 2.10. The summed E-state index contributed by atoms with van der Waals surface area (Å²) in [6, 6.07) is 8.87. The number of sulfonamides is 1. The molecule has 5 nitrogen and oxygen atoms in total. The lowest BCUT2D eigenvalue weighted by molar-refractivity contribution is 0.364. The zero-order valence-electron chi connectivity index (χ0n) is 10.4. The second-order valence-corrected chi connectivity index (χ2v) is 6.05. The average molecular weight is 277 g/mol. The van der Waals surface area contributed by atoms with Crippen LogP contribution in [0, 0.1) is 11.3 Å². The lowest BCUT2D eigenvalue weighted by atomic mass is 10.1. The van der Waals surface area contributed by atoms with E-state index in [1.54, 1.807) is 24.3 Å². The standard InChI is InChI=1S/C13H15N3O2S/c14-11-13-3-1-2-12(10-13)4-9-19(17,18)16-7-5-15-6-8-16/h1-4,9-10,15H,5-8H2. The SMILES string of the molecule is N#Cc1cccc(C=CS(=O)(=O)N2CCNCC2)c1. The first-order valence-electron chi connectivity index (χ1n) is 6.01. The lowest BCUT2D eigenvalue weighted by Gasteiger charge is -2.25. The van der Waals surface area contributed by atoms with Gasteiger partial charge in [-0.3, -0.25) is 0 Å². The Morgan fingerprint density at radius 2 is 2.05 bits per heavy atom. The molecular formula is C13H15N3O2S. The highest BCUT2D eigenvalue weighted by molar-refractivity contribution is 7.92. The Morgan fingerprint density at radius 3 is 2.74 bits per heavy atom. The third kappa shape index (κ3) is 3.64. The molecule has 0 bridgehead atoms. The zero-order chi connectivity index (χ0) is 13.7. The van der Waals surface area contributed by atoms with E-state index in [0.717, 1.165) is 0 Å². The van der Waals surface area contributed by atoms with Gasteiger partial charge in [0.15, 0.2) is 0 Å². The van der Waals surface area contributed by atoms with Gasteiger partial charge >= 0.3 is 0 Å². The number of nitriles is 1. The minimum Gasteiger partial charge on any atom is -0.314 e. The fourth-order valence-electron chi connectivity index (χ4n) is 1.86. The molecule has 1 fully saturated rings. The molecule has 100 valence electrons. The Balaban J connectivity index is 2.14. The highest BCUT2D eigenvalue weighted by Gasteiger charge is 2.20. The van der Waals surface area contributed by atoms with Crippen molar-refractivity contribution in [2.45, 2.75) is 0 Å². The summed E-state index contributed by atoms with van der Waals surface area (Å²) < 4.78 is 25.6. The van der Waals surface area contributed by atoms with E-state index in [2.05, 4.69) is 5.32 Å². The van der Waals surface area contributed by atoms with Crippen LogP contribution in [0.2, 0.25) is 0 Å². The molecule has 0 aliphatic carbocycles. The molecule has 0 radical (unpaired) electrons. The fraction of sp³-hybridized carbons (Fsp3) is 0.308. The van der Waals surface area contributed by atoms with Gasteiger partial charge < -0.3 is 5.32 Å². The largest absolute Gasteiger partial charge is 0.314 e. The van der Waals surface area contributed by atoms with Gasteiger partial charge in [-0.05, 0) is 23.8 Å². The van der Waals surface area contributed by atoms with Gasteiger partial charge in [-0.2, -0.15) is 9.57 Å².